The van der Waals surface area contributed by atoms with Crippen LogP contribution in [0.3, 0.4) is 0 Å². The van der Waals surface area contributed by atoms with Crippen LogP contribution >= 0.6 is 17.2 Å². The number of nitrogens with zero attached hydrogens (tertiary/aromatic N) is 1. The summed E-state index contributed by atoms with van der Waals surface area (Å²) in [5, 5.41) is 8.57. The molecule has 1 fully saturated rings. The van der Waals surface area contributed by atoms with Gasteiger partial charge in [0.25, 0.3) is 11.8 Å². The summed E-state index contributed by atoms with van der Waals surface area (Å²) in [6.07, 6.45) is 0.296. The number of hydroxylamine groups is 2. The van der Waals surface area contributed by atoms with Crippen LogP contribution in [0.5, 0.6) is 0 Å². The first-order chi connectivity index (χ1) is 10.4. The molecule has 0 aromatic carbocycles. The minimum absolute atomic E-state index is 0. The molecule has 1 N–H and O–H groups in total. The first-order valence-corrected chi connectivity index (χ1v) is 8.00. The first-order valence-electron chi connectivity index (χ1n) is 5.81. The van der Waals surface area contributed by atoms with Gasteiger partial charge in [0, 0.05) is 77.9 Å². The van der Waals surface area contributed by atoms with E-state index in [1.807, 2.05) is 0 Å². The first kappa shape index (κ1) is 28.3. The van der Waals surface area contributed by atoms with Crippen molar-refractivity contribution in [1.29, 1.82) is 0 Å². The van der Waals surface area contributed by atoms with Gasteiger partial charge in [-0.05, 0) is 0 Å². The third-order valence-corrected chi connectivity index (χ3v) is 3.71. The van der Waals surface area contributed by atoms with E-state index in [2.05, 4.69) is 27.1 Å². The Hall–Kier alpha value is 0.460. The van der Waals surface area contributed by atoms with Gasteiger partial charge in [-0.2, -0.15) is 5.06 Å². The van der Waals surface area contributed by atoms with Crippen molar-refractivity contribution in [1.82, 2.24) is 5.06 Å². The van der Waals surface area contributed by atoms with Crippen LogP contribution in [0, 0.1) is 0 Å². The largest absolute Gasteiger partial charge is 0.331 e. The third-order valence-electron chi connectivity index (χ3n) is 1.92. The quantitative estimate of drug-likeness (QED) is 0.268. The van der Waals surface area contributed by atoms with Crippen molar-refractivity contribution in [3.05, 3.63) is 0 Å². The molecule has 1 radical (unpaired) electrons. The van der Waals surface area contributed by atoms with Gasteiger partial charge in [-0.25, -0.2) is 0 Å². The molecule has 0 aromatic heterocycles. The van der Waals surface area contributed by atoms with Crippen molar-refractivity contribution in [3.8, 4) is 0 Å². The van der Waals surface area contributed by atoms with Crippen LogP contribution in [0.15, 0.2) is 0 Å². The van der Waals surface area contributed by atoms with Gasteiger partial charge in [-0.15, -0.1) is 0 Å². The Kier molecular flexibility index (Phi) is 23.1. The normalized spacial score (nSPS) is 13.3. The number of hydrogen-bond donors (Lipinski definition) is 1. The topological polar surface area (TPSA) is 113 Å². The van der Waals surface area contributed by atoms with Gasteiger partial charge in [-0.1, -0.05) is 0 Å². The molecule has 1 aliphatic rings. The Morgan fingerprint density at radius 1 is 0.739 bits per heavy atom. The predicted molar refractivity (Wildman–Crippen MR) is 78.8 cm³/mol. The van der Waals surface area contributed by atoms with Gasteiger partial charge < -0.3 is 27.1 Å². The van der Waals surface area contributed by atoms with Gasteiger partial charge in [0.1, 0.15) is 0 Å². The summed E-state index contributed by atoms with van der Waals surface area (Å²) < 4.78 is 28.0. The van der Waals surface area contributed by atoms with E-state index in [1.54, 1.807) is 42.7 Å². The molecule has 0 unspecified atom stereocenters. The Balaban J connectivity index is -0.000000257. The maximum atomic E-state index is 10.2. The second-order valence-electron chi connectivity index (χ2n) is 3.14. The molecule has 1 aliphatic heterocycles. The maximum absolute atomic E-state index is 10.2. The average Bonchev–Trinajstić information content (AvgIpc) is 2.83. The molecule has 0 bridgehead atoms. The van der Waals surface area contributed by atoms with Crippen LogP contribution in [0.2, 0.25) is 0 Å². The van der Waals surface area contributed by atoms with Crippen molar-refractivity contribution in [2.75, 3.05) is 42.7 Å². The number of carbonyl (C=O) groups excluding carboxylic acids is 2. The van der Waals surface area contributed by atoms with E-state index in [0.717, 1.165) is 0 Å². The van der Waals surface area contributed by atoms with E-state index < -0.39 is 29.0 Å². The van der Waals surface area contributed by atoms with Crippen LogP contribution in [0.1, 0.15) is 12.8 Å². The van der Waals surface area contributed by atoms with Crippen molar-refractivity contribution in [2.24, 2.45) is 0 Å². The predicted octanol–water partition coefficient (Wildman–Crippen LogP) is 1.83. The van der Waals surface area contributed by atoms with E-state index in [4.69, 9.17) is 5.21 Å². The monoisotopic (exact) mass is 470 g/mol. The minimum Gasteiger partial charge on any atom is -0.316 e. The summed E-state index contributed by atoms with van der Waals surface area (Å²) in [5.74, 6) is -1.01. The van der Waals surface area contributed by atoms with E-state index in [1.165, 1.54) is 0 Å². The molecular formula is C10H23AgNO9P2. The van der Waals surface area contributed by atoms with Crippen LogP contribution in [0.25, 0.3) is 0 Å². The van der Waals surface area contributed by atoms with Crippen LogP contribution in [-0.2, 0) is 59.1 Å². The summed E-state index contributed by atoms with van der Waals surface area (Å²) >= 11 is 0. The molecule has 0 atom stereocenters. The molecule has 1 saturated heterocycles. The zero-order valence-corrected chi connectivity index (χ0v) is 17.0. The number of amides is 2. The average molecular weight is 471 g/mol. The minimum atomic E-state index is -1.05. The van der Waals surface area contributed by atoms with Gasteiger partial charge in [0.15, 0.2) is 0 Å². The molecule has 23 heavy (non-hydrogen) atoms. The van der Waals surface area contributed by atoms with Gasteiger partial charge in [0.2, 0.25) is 0 Å². The van der Waals surface area contributed by atoms with Crippen LogP contribution in [-0.4, -0.2) is 64.7 Å². The SMILES string of the molecule is COP(OC)OC.COP(OC)OC.O=C1CCC(=O)N1O.[Ag]. The molecule has 0 aromatic rings. The molecule has 0 spiro atoms. The fourth-order valence-corrected chi connectivity index (χ4v) is 1.91. The van der Waals surface area contributed by atoms with E-state index in [0.29, 0.717) is 0 Å². The zero-order chi connectivity index (χ0) is 17.5. The standard InChI is InChI=1S/C4H5NO3.2C3H9O3P.Ag/c6-3-1-2-4(7)5(3)8;2*1-4-7(5-2)6-3;/h8H,1-2H2;2*1-3H3;. The number of imide groups is 1. The smallest absolute Gasteiger partial charge is 0.316 e. The summed E-state index contributed by atoms with van der Waals surface area (Å²) in [6, 6.07) is 0. The number of carbonyl (C=O) groups is 2. The summed E-state index contributed by atoms with van der Waals surface area (Å²) in [5.41, 5.74) is 0. The summed E-state index contributed by atoms with van der Waals surface area (Å²) in [7, 11) is 7.13. The molecule has 0 aliphatic carbocycles. The molecule has 0 saturated carbocycles. The van der Waals surface area contributed by atoms with Crippen LogP contribution < -0.4 is 0 Å². The fraction of sp³-hybridized carbons (Fsp3) is 0.800. The van der Waals surface area contributed by atoms with Gasteiger partial charge in [0.05, 0.1) is 0 Å². The summed E-state index contributed by atoms with van der Waals surface area (Å²) in [6.45, 7) is 0. The van der Waals surface area contributed by atoms with Crippen molar-refractivity contribution < 1.29 is 64.3 Å². The Morgan fingerprint density at radius 3 is 1.00 bits per heavy atom. The third kappa shape index (κ3) is 14.5. The molecule has 143 valence electrons. The molecule has 13 heteroatoms. The van der Waals surface area contributed by atoms with Gasteiger partial charge in [-0.3, -0.25) is 14.8 Å². The summed E-state index contributed by atoms with van der Waals surface area (Å²) in [4.78, 5) is 20.5. The molecule has 1 rings (SSSR count). The Labute approximate surface area is 154 Å². The molecule has 2 amide bonds. The van der Waals surface area contributed by atoms with Crippen LogP contribution in [0.4, 0.5) is 0 Å². The van der Waals surface area contributed by atoms with Gasteiger partial charge >= 0.3 is 17.2 Å². The second kappa shape index (κ2) is 18.8. The van der Waals surface area contributed by atoms with E-state index in [9.17, 15) is 9.59 Å². The molecule has 10 nitrogen and oxygen atoms in total. The number of rotatable bonds is 6. The molecular weight excluding hydrogens is 448 g/mol. The van der Waals surface area contributed by atoms with Crippen molar-refractivity contribution in [3.63, 3.8) is 0 Å². The fourth-order valence-electron chi connectivity index (χ4n) is 1.01. The van der Waals surface area contributed by atoms with E-state index >= 15 is 0 Å². The maximum Gasteiger partial charge on any atom is 0.331 e. The van der Waals surface area contributed by atoms with Crippen molar-refractivity contribution in [2.45, 2.75) is 12.8 Å². The number of hydrogen-bond acceptors (Lipinski definition) is 9. The Bertz CT molecular complexity index is 267. The zero-order valence-electron chi connectivity index (χ0n) is 13.8. The second-order valence-corrected chi connectivity index (χ2v) is 6.23. The van der Waals surface area contributed by atoms with Crippen molar-refractivity contribution >= 4 is 29.0 Å². The molecule has 1 heterocycles. The Morgan fingerprint density at radius 2 is 0.957 bits per heavy atom. The van der Waals surface area contributed by atoms with E-state index in [-0.39, 0.29) is 40.3 Å².